The van der Waals surface area contributed by atoms with Crippen LogP contribution in [-0.2, 0) is 9.59 Å². The van der Waals surface area contributed by atoms with Gasteiger partial charge in [-0.05, 0) is 62.1 Å². The molecule has 2 unspecified atom stereocenters. The quantitative estimate of drug-likeness (QED) is 0.899. The summed E-state index contributed by atoms with van der Waals surface area (Å²) in [6.45, 7) is 5.93. The van der Waals surface area contributed by atoms with E-state index < -0.39 is 0 Å². The lowest BCUT2D eigenvalue weighted by Gasteiger charge is -2.09. The van der Waals surface area contributed by atoms with Gasteiger partial charge in [0.15, 0.2) is 0 Å². The lowest BCUT2D eigenvalue weighted by atomic mass is 10.1. The first-order valence-electron chi connectivity index (χ1n) is 8.19. The van der Waals surface area contributed by atoms with Crippen LogP contribution in [0.15, 0.2) is 42.5 Å². The Kier molecular flexibility index (Phi) is 4.38. The lowest BCUT2D eigenvalue weighted by molar-refractivity contribution is -0.122. The Hall–Kier alpha value is -2.62. The first-order chi connectivity index (χ1) is 11.4. The van der Waals surface area contributed by atoms with Crippen LogP contribution in [0.4, 0.5) is 11.4 Å². The van der Waals surface area contributed by atoms with Crippen LogP contribution in [-0.4, -0.2) is 11.8 Å². The van der Waals surface area contributed by atoms with Gasteiger partial charge in [0, 0.05) is 11.4 Å². The number of anilines is 2. The summed E-state index contributed by atoms with van der Waals surface area (Å²) in [5, 5.41) is 5.85. The molecule has 0 heterocycles. The summed E-state index contributed by atoms with van der Waals surface area (Å²) >= 11 is 0. The molecule has 0 aliphatic heterocycles. The van der Waals surface area contributed by atoms with Gasteiger partial charge in [-0.1, -0.05) is 24.3 Å². The van der Waals surface area contributed by atoms with Crippen molar-refractivity contribution < 1.29 is 9.59 Å². The van der Waals surface area contributed by atoms with E-state index in [0.717, 1.165) is 28.1 Å². The van der Waals surface area contributed by atoms with Crippen molar-refractivity contribution in [2.45, 2.75) is 27.2 Å². The minimum atomic E-state index is -0.241. The molecule has 0 saturated heterocycles. The molecule has 0 spiro atoms. The topological polar surface area (TPSA) is 58.2 Å². The van der Waals surface area contributed by atoms with E-state index in [-0.39, 0.29) is 23.7 Å². The van der Waals surface area contributed by atoms with Crippen molar-refractivity contribution in [1.82, 2.24) is 0 Å². The monoisotopic (exact) mass is 322 g/mol. The highest BCUT2D eigenvalue weighted by atomic mass is 16.2. The summed E-state index contributed by atoms with van der Waals surface area (Å²) in [7, 11) is 0. The molecule has 2 aromatic rings. The molecule has 124 valence electrons. The maximum atomic E-state index is 12.4. The van der Waals surface area contributed by atoms with E-state index in [1.165, 1.54) is 0 Å². The first kappa shape index (κ1) is 16.2. The summed E-state index contributed by atoms with van der Waals surface area (Å²) < 4.78 is 0. The van der Waals surface area contributed by atoms with E-state index in [2.05, 4.69) is 10.6 Å². The molecule has 3 rings (SSSR count). The predicted molar refractivity (Wildman–Crippen MR) is 96.0 cm³/mol. The van der Waals surface area contributed by atoms with Crippen molar-refractivity contribution in [1.29, 1.82) is 0 Å². The largest absolute Gasteiger partial charge is 0.326 e. The van der Waals surface area contributed by atoms with E-state index in [0.29, 0.717) is 6.42 Å². The second-order valence-corrected chi connectivity index (χ2v) is 6.62. The van der Waals surface area contributed by atoms with E-state index >= 15 is 0 Å². The van der Waals surface area contributed by atoms with Gasteiger partial charge in [0.05, 0.1) is 11.8 Å². The van der Waals surface area contributed by atoms with Gasteiger partial charge in [-0.15, -0.1) is 0 Å². The molecule has 2 amide bonds. The normalized spacial score (nSPS) is 18.8. The number of aryl methyl sites for hydroxylation is 3. The van der Waals surface area contributed by atoms with Crippen molar-refractivity contribution in [3.63, 3.8) is 0 Å². The third kappa shape index (κ3) is 3.65. The molecule has 24 heavy (non-hydrogen) atoms. The Bertz CT molecular complexity index is 798. The van der Waals surface area contributed by atoms with Crippen LogP contribution in [0.3, 0.4) is 0 Å². The SMILES string of the molecule is Cc1cccc(NC(=O)C2CC2C(=O)Nc2cc(C)ccc2C)c1. The Morgan fingerprint density at radius 2 is 1.54 bits per heavy atom. The van der Waals surface area contributed by atoms with E-state index in [9.17, 15) is 9.59 Å². The molecule has 2 aromatic carbocycles. The highest BCUT2D eigenvalue weighted by Crippen LogP contribution is 2.40. The summed E-state index contributed by atoms with van der Waals surface area (Å²) in [6.07, 6.45) is 0.606. The van der Waals surface area contributed by atoms with E-state index in [1.54, 1.807) is 0 Å². The van der Waals surface area contributed by atoms with Gasteiger partial charge in [0.25, 0.3) is 0 Å². The number of rotatable bonds is 4. The molecule has 1 fully saturated rings. The Morgan fingerprint density at radius 1 is 0.875 bits per heavy atom. The van der Waals surface area contributed by atoms with Crippen LogP contribution in [0.5, 0.6) is 0 Å². The second kappa shape index (κ2) is 6.48. The zero-order valence-electron chi connectivity index (χ0n) is 14.2. The van der Waals surface area contributed by atoms with Crippen LogP contribution in [0, 0.1) is 32.6 Å². The van der Waals surface area contributed by atoms with Gasteiger partial charge in [-0.2, -0.15) is 0 Å². The summed E-state index contributed by atoms with van der Waals surface area (Å²) in [6, 6.07) is 13.6. The molecule has 1 aliphatic carbocycles. The van der Waals surface area contributed by atoms with Gasteiger partial charge < -0.3 is 10.6 Å². The maximum Gasteiger partial charge on any atom is 0.228 e. The molecule has 4 heteroatoms. The van der Waals surface area contributed by atoms with Gasteiger partial charge in [-0.3, -0.25) is 9.59 Å². The molecule has 2 N–H and O–H groups in total. The number of nitrogens with one attached hydrogen (secondary N) is 2. The fraction of sp³-hybridized carbons (Fsp3) is 0.300. The first-order valence-corrected chi connectivity index (χ1v) is 8.19. The van der Waals surface area contributed by atoms with Crippen LogP contribution >= 0.6 is 0 Å². The van der Waals surface area contributed by atoms with E-state index in [1.807, 2.05) is 63.2 Å². The average molecular weight is 322 g/mol. The standard InChI is InChI=1S/C20H22N2O2/c1-12-5-4-6-15(9-12)21-19(23)16-11-17(16)20(24)22-18-10-13(2)7-8-14(18)3/h4-10,16-17H,11H2,1-3H3,(H,21,23)(H,22,24). The molecular formula is C20H22N2O2. The molecular weight excluding hydrogens is 300 g/mol. The molecule has 1 aliphatic rings. The fourth-order valence-corrected chi connectivity index (χ4v) is 2.83. The minimum Gasteiger partial charge on any atom is -0.326 e. The highest BCUT2D eigenvalue weighted by molar-refractivity contribution is 6.03. The number of amides is 2. The Morgan fingerprint density at radius 3 is 2.25 bits per heavy atom. The predicted octanol–water partition coefficient (Wildman–Crippen LogP) is 3.83. The number of carbonyl (C=O) groups excluding carboxylic acids is 2. The van der Waals surface area contributed by atoms with Gasteiger partial charge in [0.2, 0.25) is 11.8 Å². The highest BCUT2D eigenvalue weighted by Gasteiger charge is 2.48. The fourth-order valence-electron chi connectivity index (χ4n) is 2.83. The van der Waals surface area contributed by atoms with Crippen LogP contribution in [0.25, 0.3) is 0 Å². The number of carbonyl (C=O) groups is 2. The third-order valence-electron chi connectivity index (χ3n) is 4.40. The van der Waals surface area contributed by atoms with Gasteiger partial charge >= 0.3 is 0 Å². The van der Waals surface area contributed by atoms with Crippen LogP contribution in [0.2, 0.25) is 0 Å². The van der Waals surface area contributed by atoms with E-state index in [4.69, 9.17) is 0 Å². The Balaban J connectivity index is 1.59. The summed E-state index contributed by atoms with van der Waals surface area (Å²) in [5.74, 6) is -0.639. The van der Waals surface area contributed by atoms with Crippen LogP contribution in [0.1, 0.15) is 23.1 Å². The Labute approximate surface area is 142 Å². The zero-order chi connectivity index (χ0) is 17.3. The summed E-state index contributed by atoms with van der Waals surface area (Å²) in [4.78, 5) is 24.7. The molecule has 0 radical (unpaired) electrons. The average Bonchev–Trinajstić information content (AvgIpc) is 3.32. The molecule has 4 nitrogen and oxygen atoms in total. The van der Waals surface area contributed by atoms with Crippen molar-refractivity contribution in [3.05, 3.63) is 59.2 Å². The number of hydrogen-bond donors (Lipinski definition) is 2. The number of benzene rings is 2. The summed E-state index contributed by atoms with van der Waals surface area (Å²) in [5.41, 5.74) is 4.81. The van der Waals surface area contributed by atoms with Crippen LogP contribution < -0.4 is 10.6 Å². The molecule has 2 atom stereocenters. The molecule has 0 bridgehead atoms. The van der Waals surface area contributed by atoms with Crippen molar-refractivity contribution >= 4 is 23.2 Å². The van der Waals surface area contributed by atoms with Gasteiger partial charge in [0.1, 0.15) is 0 Å². The number of hydrogen-bond acceptors (Lipinski definition) is 2. The van der Waals surface area contributed by atoms with Gasteiger partial charge in [-0.25, -0.2) is 0 Å². The molecule has 1 saturated carbocycles. The smallest absolute Gasteiger partial charge is 0.228 e. The minimum absolute atomic E-state index is 0.0758. The van der Waals surface area contributed by atoms with Crippen molar-refractivity contribution in [3.8, 4) is 0 Å². The second-order valence-electron chi connectivity index (χ2n) is 6.62. The maximum absolute atomic E-state index is 12.4. The van der Waals surface area contributed by atoms with Crippen molar-refractivity contribution in [2.24, 2.45) is 11.8 Å². The van der Waals surface area contributed by atoms with Crippen molar-refractivity contribution in [2.75, 3.05) is 10.6 Å². The lowest BCUT2D eigenvalue weighted by Crippen LogP contribution is -2.21. The third-order valence-corrected chi connectivity index (χ3v) is 4.40. The zero-order valence-corrected chi connectivity index (χ0v) is 14.2. The molecule has 0 aromatic heterocycles.